The number of aryl methyl sites for hydroxylation is 2. The van der Waals surface area contributed by atoms with Crippen LogP contribution in [0.2, 0.25) is 0 Å². The zero-order valence-electron chi connectivity index (χ0n) is 14.0. The van der Waals surface area contributed by atoms with Crippen molar-refractivity contribution in [2.75, 3.05) is 11.4 Å². The molecule has 0 atom stereocenters. The summed E-state index contributed by atoms with van der Waals surface area (Å²) in [5.41, 5.74) is 2.31. The molecule has 1 aromatic rings. The Morgan fingerprint density at radius 3 is 2.35 bits per heavy atom. The van der Waals surface area contributed by atoms with E-state index >= 15 is 0 Å². The van der Waals surface area contributed by atoms with Crippen LogP contribution in [0.25, 0.3) is 0 Å². The molecule has 114 valence electrons. The minimum atomic E-state index is 0.156. The van der Waals surface area contributed by atoms with Gasteiger partial charge in [-0.05, 0) is 30.9 Å². The van der Waals surface area contributed by atoms with E-state index in [1.807, 2.05) is 38.8 Å². The van der Waals surface area contributed by atoms with Gasteiger partial charge in [0.1, 0.15) is 5.82 Å². The first-order valence-corrected chi connectivity index (χ1v) is 7.89. The third-order valence-electron chi connectivity index (χ3n) is 3.11. The SMILES string of the molecule is CC.CCCCN(C(=O)CC)c1ncc(CC)cc1C. The van der Waals surface area contributed by atoms with E-state index in [0.29, 0.717) is 6.42 Å². The van der Waals surface area contributed by atoms with E-state index in [0.717, 1.165) is 37.2 Å². The van der Waals surface area contributed by atoms with E-state index < -0.39 is 0 Å². The van der Waals surface area contributed by atoms with Crippen LogP contribution in [0.1, 0.15) is 65.0 Å². The number of carbonyl (C=O) groups excluding carboxylic acids is 1. The smallest absolute Gasteiger partial charge is 0.227 e. The highest BCUT2D eigenvalue weighted by molar-refractivity contribution is 5.92. The Balaban J connectivity index is 0.00000172. The number of unbranched alkanes of at least 4 members (excludes halogenated alkanes) is 1. The average Bonchev–Trinajstić information content (AvgIpc) is 2.50. The number of pyridine rings is 1. The van der Waals surface area contributed by atoms with E-state index in [1.165, 1.54) is 5.56 Å². The fraction of sp³-hybridized carbons (Fsp3) is 0.647. The Labute approximate surface area is 124 Å². The monoisotopic (exact) mass is 278 g/mol. The van der Waals surface area contributed by atoms with Crippen molar-refractivity contribution in [3.63, 3.8) is 0 Å². The van der Waals surface area contributed by atoms with E-state index in [9.17, 15) is 4.79 Å². The predicted molar refractivity (Wildman–Crippen MR) is 87.3 cm³/mol. The minimum absolute atomic E-state index is 0.156. The first-order valence-electron chi connectivity index (χ1n) is 7.89. The standard InChI is InChI=1S/C15H24N2O.C2H6/c1-5-8-9-17(14(18)7-3)15-12(4)10-13(6-2)11-16-15;1-2/h10-11H,5-9H2,1-4H3;1-2H3. The third-order valence-corrected chi connectivity index (χ3v) is 3.11. The molecule has 3 nitrogen and oxygen atoms in total. The van der Waals surface area contributed by atoms with E-state index in [-0.39, 0.29) is 5.91 Å². The molecule has 1 amide bonds. The summed E-state index contributed by atoms with van der Waals surface area (Å²) in [6, 6.07) is 2.13. The second-order valence-corrected chi connectivity index (χ2v) is 4.59. The molecule has 1 rings (SSSR count). The number of anilines is 1. The lowest BCUT2D eigenvalue weighted by Crippen LogP contribution is -2.32. The quantitative estimate of drug-likeness (QED) is 0.766. The van der Waals surface area contributed by atoms with Crippen LogP contribution >= 0.6 is 0 Å². The Morgan fingerprint density at radius 1 is 1.25 bits per heavy atom. The largest absolute Gasteiger partial charge is 0.297 e. The molecular formula is C17H30N2O. The first-order chi connectivity index (χ1) is 9.63. The maximum absolute atomic E-state index is 12.0. The van der Waals surface area contributed by atoms with Crippen molar-refractivity contribution in [3.8, 4) is 0 Å². The number of rotatable bonds is 6. The Bertz CT molecular complexity index is 402. The zero-order chi connectivity index (χ0) is 15.5. The average molecular weight is 278 g/mol. The number of nitrogens with zero attached hydrogens (tertiary/aromatic N) is 2. The van der Waals surface area contributed by atoms with Crippen molar-refractivity contribution in [1.29, 1.82) is 0 Å². The van der Waals surface area contributed by atoms with Gasteiger partial charge in [-0.15, -0.1) is 0 Å². The molecule has 0 aliphatic carbocycles. The fourth-order valence-corrected chi connectivity index (χ4v) is 1.96. The summed E-state index contributed by atoms with van der Waals surface area (Å²) in [5.74, 6) is 0.982. The summed E-state index contributed by atoms with van der Waals surface area (Å²) < 4.78 is 0. The van der Waals surface area contributed by atoms with Crippen molar-refractivity contribution < 1.29 is 4.79 Å². The summed E-state index contributed by atoms with van der Waals surface area (Å²) in [5, 5.41) is 0. The molecule has 0 fully saturated rings. The maximum atomic E-state index is 12.0. The van der Waals surface area contributed by atoms with Crippen molar-refractivity contribution in [2.45, 2.75) is 67.2 Å². The van der Waals surface area contributed by atoms with Crippen molar-refractivity contribution in [3.05, 3.63) is 23.4 Å². The molecule has 0 aliphatic rings. The molecule has 0 aliphatic heterocycles. The van der Waals surface area contributed by atoms with Crippen LogP contribution in [-0.4, -0.2) is 17.4 Å². The van der Waals surface area contributed by atoms with Gasteiger partial charge in [-0.2, -0.15) is 0 Å². The van der Waals surface area contributed by atoms with Crippen molar-refractivity contribution in [2.24, 2.45) is 0 Å². The molecule has 0 saturated carbocycles. The van der Waals surface area contributed by atoms with Crippen LogP contribution in [0.4, 0.5) is 5.82 Å². The molecular weight excluding hydrogens is 248 g/mol. The molecule has 0 unspecified atom stereocenters. The highest BCUT2D eigenvalue weighted by atomic mass is 16.2. The van der Waals surface area contributed by atoms with Gasteiger partial charge in [-0.3, -0.25) is 9.69 Å². The molecule has 0 aromatic carbocycles. The summed E-state index contributed by atoms with van der Waals surface area (Å²) >= 11 is 0. The number of hydrogen-bond donors (Lipinski definition) is 0. The molecule has 1 heterocycles. The summed E-state index contributed by atoms with van der Waals surface area (Å²) in [6.07, 6.45) is 5.48. The second-order valence-electron chi connectivity index (χ2n) is 4.59. The van der Waals surface area contributed by atoms with Crippen LogP contribution < -0.4 is 4.90 Å². The van der Waals surface area contributed by atoms with Gasteiger partial charge in [-0.1, -0.05) is 47.1 Å². The molecule has 3 heteroatoms. The summed E-state index contributed by atoms with van der Waals surface area (Å²) in [6.45, 7) is 12.9. The van der Waals surface area contributed by atoms with Gasteiger partial charge in [-0.25, -0.2) is 4.98 Å². The van der Waals surface area contributed by atoms with Gasteiger partial charge in [0, 0.05) is 19.2 Å². The van der Waals surface area contributed by atoms with Crippen LogP contribution in [-0.2, 0) is 11.2 Å². The highest BCUT2D eigenvalue weighted by Crippen LogP contribution is 2.19. The molecule has 20 heavy (non-hydrogen) atoms. The van der Waals surface area contributed by atoms with Crippen molar-refractivity contribution in [1.82, 2.24) is 4.98 Å². The van der Waals surface area contributed by atoms with E-state index in [1.54, 1.807) is 0 Å². The third kappa shape index (κ3) is 5.32. The van der Waals surface area contributed by atoms with E-state index in [2.05, 4.69) is 24.9 Å². The summed E-state index contributed by atoms with van der Waals surface area (Å²) in [4.78, 5) is 18.3. The lowest BCUT2D eigenvalue weighted by Gasteiger charge is -2.23. The number of amides is 1. The first kappa shape index (κ1) is 18.6. The van der Waals surface area contributed by atoms with Crippen LogP contribution in [0.5, 0.6) is 0 Å². The lowest BCUT2D eigenvalue weighted by molar-refractivity contribution is -0.118. The highest BCUT2D eigenvalue weighted by Gasteiger charge is 2.16. The van der Waals surface area contributed by atoms with Crippen LogP contribution in [0.3, 0.4) is 0 Å². The number of carbonyl (C=O) groups is 1. The number of hydrogen-bond acceptors (Lipinski definition) is 2. The van der Waals surface area contributed by atoms with Crippen molar-refractivity contribution >= 4 is 11.7 Å². The fourth-order valence-electron chi connectivity index (χ4n) is 1.96. The summed E-state index contributed by atoms with van der Waals surface area (Å²) in [7, 11) is 0. The van der Waals surface area contributed by atoms with Gasteiger partial charge in [0.25, 0.3) is 0 Å². The van der Waals surface area contributed by atoms with E-state index in [4.69, 9.17) is 0 Å². The lowest BCUT2D eigenvalue weighted by atomic mass is 10.1. The predicted octanol–water partition coefficient (Wildman–Crippen LogP) is 4.52. The molecule has 1 aromatic heterocycles. The van der Waals surface area contributed by atoms with Gasteiger partial charge in [0.05, 0.1) is 0 Å². The Hall–Kier alpha value is -1.38. The molecule has 0 spiro atoms. The minimum Gasteiger partial charge on any atom is -0.297 e. The van der Waals surface area contributed by atoms with Gasteiger partial charge < -0.3 is 0 Å². The second kappa shape index (κ2) is 10.4. The Morgan fingerprint density at radius 2 is 1.90 bits per heavy atom. The maximum Gasteiger partial charge on any atom is 0.227 e. The normalized spacial score (nSPS) is 9.70. The van der Waals surface area contributed by atoms with Gasteiger partial charge in [0.15, 0.2) is 0 Å². The molecule has 0 N–H and O–H groups in total. The topological polar surface area (TPSA) is 33.2 Å². The van der Waals surface area contributed by atoms with Gasteiger partial charge in [0.2, 0.25) is 5.91 Å². The molecule has 0 saturated heterocycles. The Kier molecular flexibility index (Phi) is 9.69. The zero-order valence-corrected chi connectivity index (χ0v) is 14.0. The molecule has 0 bridgehead atoms. The van der Waals surface area contributed by atoms with Gasteiger partial charge >= 0.3 is 0 Å². The van der Waals surface area contributed by atoms with Crippen LogP contribution in [0, 0.1) is 6.92 Å². The molecule has 0 radical (unpaired) electrons. The number of aromatic nitrogens is 1. The van der Waals surface area contributed by atoms with Crippen LogP contribution in [0.15, 0.2) is 12.3 Å².